The van der Waals surface area contributed by atoms with Crippen LogP contribution in [0.25, 0.3) is 31.8 Å². The van der Waals surface area contributed by atoms with E-state index < -0.39 is 11.9 Å². The van der Waals surface area contributed by atoms with E-state index in [1.807, 2.05) is 19.1 Å². The van der Waals surface area contributed by atoms with E-state index in [2.05, 4.69) is 15.0 Å². The summed E-state index contributed by atoms with van der Waals surface area (Å²) in [6.07, 6.45) is 0.886. The van der Waals surface area contributed by atoms with Crippen LogP contribution in [0, 0.1) is 12.7 Å². The van der Waals surface area contributed by atoms with Crippen molar-refractivity contribution >= 4 is 32.6 Å². The maximum atomic E-state index is 14.3. The molecule has 1 N–H and O–H groups in total. The van der Waals surface area contributed by atoms with E-state index in [0.29, 0.717) is 22.4 Å². The number of hydrogen-bond acceptors (Lipinski definition) is 7. The molecule has 2 aromatic heterocycles. The molecule has 0 saturated heterocycles. The Morgan fingerprint density at radius 3 is 2.75 bits per heavy atom. The van der Waals surface area contributed by atoms with Gasteiger partial charge in [-0.1, -0.05) is 0 Å². The molecule has 4 aromatic rings. The van der Waals surface area contributed by atoms with Crippen LogP contribution in [-0.4, -0.2) is 39.9 Å². The van der Waals surface area contributed by atoms with Gasteiger partial charge in [0.25, 0.3) is 0 Å². The van der Waals surface area contributed by atoms with Crippen LogP contribution in [-0.2, 0) is 0 Å². The normalized spacial score (nSPS) is 12.5. The molecule has 0 aliphatic heterocycles. The highest BCUT2D eigenvalue weighted by Gasteiger charge is 2.16. The van der Waals surface area contributed by atoms with Gasteiger partial charge in [0.05, 0.1) is 40.7 Å². The highest BCUT2D eigenvalue weighted by molar-refractivity contribution is 7.21. The zero-order valence-corrected chi connectivity index (χ0v) is 16.4. The molecule has 28 heavy (non-hydrogen) atoms. The quantitative estimate of drug-likeness (QED) is 0.544. The van der Waals surface area contributed by atoms with Gasteiger partial charge in [0.1, 0.15) is 11.6 Å². The fourth-order valence-corrected chi connectivity index (χ4v) is 3.87. The minimum absolute atomic E-state index is 0.0219. The number of thiazole rings is 1. The lowest BCUT2D eigenvalue weighted by molar-refractivity contribution is 0.120. The van der Waals surface area contributed by atoms with E-state index in [1.165, 1.54) is 17.4 Å². The van der Waals surface area contributed by atoms with Gasteiger partial charge >= 0.3 is 0 Å². The Bertz CT molecular complexity index is 1180. The zero-order valence-electron chi connectivity index (χ0n) is 15.6. The van der Waals surface area contributed by atoms with Gasteiger partial charge in [0, 0.05) is 17.7 Å². The van der Waals surface area contributed by atoms with Crippen molar-refractivity contribution in [1.82, 2.24) is 15.0 Å². The fourth-order valence-electron chi connectivity index (χ4n) is 2.88. The molecule has 8 heteroatoms. The first kappa shape index (κ1) is 18.5. The van der Waals surface area contributed by atoms with Crippen LogP contribution in [0.3, 0.4) is 0 Å². The maximum Gasteiger partial charge on any atom is 0.232 e. The van der Waals surface area contributed by atoms with Crippen molar-refractivity contribution in [3.8, 4) is 22.2 Å². The van der Waals surface area contributed by atoms with Crippen LogP contribution in [0.1, 0.15) is 12.5 Å². The molecule has 0 aliphatic rings. The zero-order chi connectivity index (χ0) is 19.8. The first-order valence-corrected chi connectivity index (χ1v) is 9.49. The van der Waals surface area contributed by atoms with E-state index in [9.17, 15) is 9.50 Å². The van der Waals surface area contributed by atoms with Crippen molar-refractivity contribution in [2.75, 3.05) is 13.7 Å². The summed E-state index contributed by atoms with van der Waals surface area (Å²) >= 11 is 1.42. The molecular weight excluding hydrogens is 381 g/mol. The first-order valence-electron chi connectivity index (χ1n) is 8.67. The lowest BCUT2D eigenvalue weighted by Gasteiger charge is -2.08. The molecule has 2 heterocycles. The summed E-state index contributed by atoms with van der Waals surface area (Å²) in [4.78, 5) is 13.5. The summed E-state index contributed by atoms with van der Waals surface area (Å²) in [5, 5.41) is 10.1. The average molecular weight is 399 g/mol. The van der Waals surface area contributed by atoms with E-state index >= 15 is 0 Å². The number of methoxy groups -OCH3 is 1. The van der Waals surface area contributed by atoms with Gasteiger partial charge in [-0.15, -0.1) is 11.3 Å². The molecule has 2 aromatic carbocycles. The molecule has 0 radical (unpaired) electrons. The number of hydrogen-bond donors (Lipinski definition) is 1. The van der Waals surface area contributed by atoms with Gasteiger partial charge < -0.3 is 14.6 Å². The van der Waals surface area contributed by atoms with Crippen molar-refractivity contribution in [3.63, 3.8) is 0 Å². The Balaban J connectivity index is 1.83. The third-order valence-electron chi connectivity index (χ3n) is 4.13. The number of halogens is 1. The summed E-state index contributed by atoms with van der Waals surface area (Å²) < 4.78 is 25.6. The molecule has 144 valence electrons. The third-order valence-corrected chi connectivity index (χ3v) is 5.18. The van der Waals surface area contributed by atoms with Crippen molar-refractivity contribution in [2.45, 2.75) is 20.0 Å². The first-order chi connectivity index (χ1) is 13.4. The van der Waals surface area contributed by atoms with Gasteiger partial charge in [-0.3, -0.25) is 0 Å². The monoisotopic (exact) mass is 399 g/mol. The van der Waals surface area contributed by atoms with Gasteiger partial charge in [-0.05, 0) is 31.5 Å². The van der Waals surface area contributed by atoms with Crippen molar-refractivity contribution in [2.24, 2.45) is 0 Å². The lowest BCUT2D eigenvalue weighted by Crippen LogP contribution is -2.13. The number of fused-ring (bicyclic) bond motifs is 2. The minimum Gasteiger partial charge on any atom is -0.488 e. The van der Waals surface area contributed by atoms with E-state index in [4.69, 9.17) is 9.47 Å². The highest BCUT2D eigenvalue weighted by atomic mass is 32.1. The summed E-state index contributed by atoms with van der Waals surface area (Å²) in [6, 6.07) is 6.88. The van der Waals surface area contributed by atoms with Gasteiger partial charge in [0.2, 0.25) is 5.88 Å². The average Bonchev–Trinajstić information content (AvgIpc) is 3.07. The Kier molecular flexibility index (Phi) is 4.82. The predicted octanol–water partition coefficient (Wildman–Crippen LogP) is 4.12. The van der Waals surface area contributed by atoms with E-state index in [0.717, 1.165) is 20.8 Å². The summed E-state index contributed by atoms with van der Waals surface area (Å²) in [6.45, 7) is 3.58. The Hall–Kier alpha value is -2.84. The predicted molar refractivity (Wildman–Crippen MR) is 107 cm³/mol. The number of rotatable bonds is 5. The molecule has 1 unspecified atom stereocenters. The second-order valence-corrected chi connectivity index (χ2v) is 7.55. The van der Waals surface area contributed by atoms with Gasteiger partial charge in [0.15, 0.2) is 11.6 Å². The Labute approximate surface area is 164 Å². The maximum absolute atomic E-state index is 14.3. The number of aromatic nitrogens is 3. The van der Waals surface area contributed by atoms with Crippen molar-refractivity contribution < 1.29 is 19.0 Å². The largest absolute Gasteiger partial charge is 0.488 e. The molecule has 0 amide bonds. The lowest BCUT2D eigenvalue weighted by atomic mass is 10.1. The van der Waals surface area contributed by atoms with Crippen LogP contribution >= 0.6 is 11.3 Å². The molecule has 0 aliphatic carbocycles. The molecule has 0 fully saturated rings. The standard InChI is InChI=1S/C20H18FN3O3S/c1-10-4-12(19-15(5-10)23-18(26-3)8-22-19)20-24-14-6-13(21)16(7-17(14)28-20)27-9-11(2)25/h4-8,11,25H,9H2,1-3H3. The van der Waals surface area contributed by atoms with Crippen LogP contribution < -0.4 is 9.47 Å². The molecule has 0 spiro atoms. The van der Waals surface area contributed by atoms with Crippen LogP contribution in [0.2, 0.25) is 0 Å². The van der Waals surface area contributed by atoms with Crippen molar-refractivity contribution in [3.05, 3.63) is 41.8 Å². The van der Waals surface area contributed by atoms with Crippen LogP contribution in [0.4, 0.5) is 4.39 Å². The van der Waals surface area contributed by atoms with Gasteiger partial charge in [-0.2, -0.15) is 0 Å². The summed E-state index contributed by atoms with van der Waals surface area (Å²) in [7, 11) is 1.55. The topological polar surface area (TPSA) is 77.4 Å². The van der Waals surface area contributed by atoms with Crippen molar-refractivity contribution in [1.29, 1.82) is 0 Å². The Morgan fingerprint density at radius 1 is 1.18 bits per heavy atom. The number of aryl methyl sites for hydroxylation is 1. The van der Waals surface area contributed by atoms with Crippen LogP contribution in [0.15, 0.2) is 30.5 Å². The van der Waals surface area contributed by atoms with Gasteiger partial charge in [-0.25, -0.2) is 19.3 Å². The highest BCUT2D eigenvalue weighted by Crippen LogP contribution is 2.36. The minimum atomic E-state index is -0.679. The molecule has 6 nitrogen and oxygen atoms in total. The molecule has 1 atom stereocenters. The SMILES string of the molecule is COc1cnc2c(-c3nc4cc(F)c(OCC(C)O)cc4s3)cc(C)cc2n1. The summed E-state index contributed by atoms with van der Waals surface area (Å²) in [5.74, 6) is 0.0289. The summed E-state index contributed by atoms with van der Waals surface area (Å²) in [5.41, 5.74) is 3.80. The number of aliphatic hydroxyl groups excluding tert-OH is 1. The molecule has 0 bridgehead atoms. The Morgan fingerprint density at radius 2 is 2.00 bits per heavy atom. The number of ether oxygens (including phenoxy) is 2. The smallest absolute Gasteiger partial charge is 0.232 e. The molecule has 4 rings (SSSR count). The number of benzene rings is 2. The molecule has 0 saturated carbocycles. The van der Waals surface area contributed by atoms with E-state index in [1.54, 1.807) is 26.3 Å². The van der Waals surface area contributed by atoms with Crippen LogP contribution in [0.5, 0.6) is 11.6 Å². The van der Waals surface area contributed by atoms with E-state index in [-0.39, 0.29) is 12.4 Å². The fraction of sp³-hybridized carbons (Fsp3) is 0.250. The molecular formula is C20H18FN3O3S. The number of aliphatic hydroxyl groups is 1. The second-order valence-electron chi connectivity index (χ2n) is 6.52. The number of nitrogens with zero attached hydrogens (tertiary/aromatic N) is 3. The third kappa shape index (κ3) is 3.48. The second kappa shape index (κ2) is 7.29.